The number of rotatable bonds is 2. The van der Waals surface area contributed by atoms with Crippen molar-refractivity contribution < 1.29 is 9.15 Å². The summed E-state index contributed by atoms with van der Waals surface area (Å²) in [6.07, 6.45) is 0. The predicted molar refractivity (Wildman–Crippen MR) is 94.7 cm³/mol. The minimum atomic E-state index is -0.402. The lowest BCUT2D eigenvalue weighted by atomic mass is 9.99. The maximum Gasteiger partial charge on any atom is 0.379 e. The van der Waals surface area contributed by atoms with E-state index in [-0.39, 0.29) is 0 Å². The maximum atomic E-state index is 12.2. The Morgan fingerprint density at radius 1 is 1.04 bits per heavy atom. The van der Waals surface area contributed by atoms with E-state index in [1.165, 1.54) is 5.56 Å². The quantitative estimate of drug-likeness (QED) is 0.661. The van der Waals surface area contributed by atoms with Crippen LogP contribution in [-0.2, 0) is 6.54 Å². The van der Waals surface area contributed by atoms with Crippen LogP contribution >= 0.6 is 0 Å². The predicted octanol–water partition coefficient (Wildman–Crippen LogP) is 4.27. The molecule has 0 saturated carbocycles. The Bertz CT molecular complexity index is 959. The molecular weight excluding hydrogens is 302 g/mol. The van der Waals surface area contributed by atoms with Crippen molar-refractivity contribution in [2.45, 2.75) is 26.3 Å². The van der Waals surface area contributed by atoms with Gasteiger partial charge in [-0.3, -0.25) is 0 Å². The number of hydrogen-bond acceptors (Lipinski definition) is 4. The minimum Gasteiger partial charge on any atom is -0.465 e. The van der Waals surface area contributed by atoms with Gasteiger partial charge in [0.2, 0.25) is 5.75 Å². The number of hydrogen-bond donors (Lipinski definition) is 0. The highest BCUT2D eigenvalue weighted by Crippen LogP contribution is 2.34. The molecule has 1 aliphatic rings. The Morgan fingerprint density at radius 2 is 1.79 bits per heavy atom. The average molecular weight is 321 g/mol. The summed E-state index contributed by atoms with van der Waals surface area (Å²) in [6.45, 7) is 5.34. The molecule has 0 unspecified atom stereocenters. The topological polar surface area (TPSA) is 42.7 Å². The second kappa shape index (κ2) is 5.71. The van der Waals surface area contributed by atoms with Crippen molar-refractivity contribution in [3.05, 3.63) is 70.1 Å². The first-order valence-corrected chi connectivity index (χ1v) is 8.16. The fourth-order valence-electron chi connectivity index (χ4n) is 3.30. The van der Waals surface area contributed by atoms with Crippen molar-refractivity contribution in [3.8, 4) is 5.75 Å². The van der Waals surface area contributed by atoms with E-state index in [1.807, 2.05) is 30.3 Å². The van der Waals surface area contributed by atoms with Crippen LogP contribution in [0.3, 0.4) is 0 Å². The SMILES string of the molecule is CC(C)c1ccccc1N1COc2c(c3ccccc3oc2=O)C1. The molecular formula is C20H19NO3. The summed E-state index contributed by atoms with van der Waals surface area (Å²) in [4.78, 5) is 14.4. The lowest BCUT2D eigenvalue weighted by molar-refractivity contribution is 0.275. The van der Waals surface area contributed by atoms with Gasteiger partial charge < -0.3 is 14.1 Å². The fourth-order valence-corrected chi connectivity index (χ4v) is 3.30. The standard InChI is InChI=1S/C20H19NO3/c1-13(2)14-7-3-5-9-17(14)21-11-16-15-8-4-6-10-18(15)24-20(22)19(16)23-12-21/h3-10,13H,11-12H2,1-2H3. The van der Waals surface area contributed by atoms with E-state index in [4.69, 9.17) is 9.15 Å². The Kier molecular flexibility index (Phi) is 3.53. The van der Waals surface area contributed by atoms with E-state index >= 15 is 0 Å². The van der Waals surface area contributed by atoms with E-state index < -0.39 is 5.63 Å². The summed E-state index contributed by atoms with van der Waals surface area (Å²) >= 11 is 0. The van der Waals surface area contributed by atoms with Crippen LogP contribution in [-0.4, -0.2) is 6.73 Å². The van der Waals surface area contributed by atoms with Crippen molar-refractivity contribution in [2.24, 2.45) is 0 Å². The third kappa shape index (κ3) is 2.35. The average Bonchev–Trinajstić information content (AvgIpc) is 2.61. The number of ether oxygens (including phenoxy) is 1. The number of benzene rings is 2. The van der Waals surface area contributed by atoms with Gasteiger partial charge in [-0.05, 0) is 23.6 Å². The van der Waals surface area contributed by atoms with Gasteiger partial charge in [0.1, 0.15) is 5.58 Å². The third-order valence-electron chi connectivity index (χ3n) is 4.49. The molecule has 0 saturated heterocycles. The largest absolute Gasteiger partial charge is 0.465 e. The molecule has 4 nitrogen and oxygen atoms in total. The summed E-state index contributed by atoms with van der Waals surface area (Å²) in [5, 5.41) is 0.929. The summed E-state index contributed by atoms with van der Waals surface area (Å²) in [6, 6.07) is 16.0. The van der Waals surface area contributed by atoms with E-state index in [1.54, 1.807) is 0 Å². The molecule has 2 heterocycles. The molecule has 0 spiro atoms. The maximum absolute atomic E-state index is 12.2. The first-order chi connectivity index (χ1) is 11.6. The van der Waals surface area contributed by atoms with E-state index in [2.05, 4.69) is 36.9 Å². The number of para-hydroxylation sites is 2. The van der Waals surface area contributed by atoms with Crippen LogP contribution in [0.1, 0.15) is 30.9 Å². The second-order valence-electron chi connectivity index (χ2n) is 6.38. The second-order valence-corrected chi connectivity index (χ2v) is 6.38. The Balaban J connectivity index is 1.83. The van der Waals surface area contributed by atoms with Gasteiger partial charge in [-0.25, -0.2) is 4.79 Å². The zero-order chi connectivity index (χ0) is 16.7. The summed E-state index contributed by atoms with van der Waals surface area (Å²) < 4.78 is 11.1. The van der Waals surface area contributed by atoms with Gasteiger partial charge >= 0.3 is 5.63 Å². The minimum absolute atomic E-state index is 0.340. The van der Waals surface area contributed by atoms with Crippen LogP contribution in [0.4, 0.5) is 5.69 Å². The molecule has 0 radical (unpaired) electrons. The zero-order valence-corrected chi connectivity index (χ0v) is 13.8. The van der Waals surface area contributed by atoms with Gasteiger partial charge in [0.15, 0.2) is 6.73 Å². The van der Waals surface area contributed by atoms with Crippen molar-refractivity contribution >= 4 is 16.7 Å². The van der Waals surface area contributed by atoms with Crippen LogP contribution in [0.5, 0.6) is 5.75 Å². The zero-order valence-electron chi connectivity index (χ0n) is 13.8. The van der Waals surface area contributed by atoms with Gasteiger partial charge in [-0.2, -0.15) is 0 Å². The van der Waals surface area contributed by atoms with Crippen LogP contribution in [0, 0.1) is 0 Å². The molecule has 4 heteroatoms. The molecule has 0 fully saturated rings. The highest BCUT2D eigenvalue weighted by Gasteiger charge is 2.25. The van der Waals surface area contributed by atoms with Crippen molar-refractivity contribution in [2.75, 3.05) is 11.6 Å². The van der Waals surface area contributed by atoms with Gasteiger partial charge in [0.05, 0.1) is 6.54 Å². The van der Waals surface area contributed by atoms with Crippen LogP contribution in [0.15, 0.2) is 57.7 Å². The Hall–Kier alpha value is -2.75. The molecule has 0 atom stereocenters. The molecule has 122 valence electrons. The van der Waals surface area contributed by atoms with Gasteiger partial charge in [0, 0.05) is 16.6 Å². The van der Waals surface area contributed by atoms with E-state index in [0.717, 1.165) is 16.6 Å². The molecule has 0 amide bonds. The molecule has 0 aliphatic carbocycles. The Morgan fingerprint density at radius 3 is 2.62 bits per heavy atom. The highest BCUT2D eigenvalue weighted by atomic mass is 16.5. The summed E-state index contributed by atoms with van der Waals surface area (Å²) in [7, 11) is 0. The van der Waals surface area contributed by atoms with E-state index in [0.29, 0.717) is 30.5 Å². The van der Waals surface area contributed by atoms with E-state index in [9.17, 15) is 4.79 Å². The molecule has 3 aromatic rings. The highest BCUT2D eigenvalue weighted by molar-refractivity contribution is 5.83. The van der Waals surface area contributed by atoms with Crippen LogP contribution in [0.25, 0.3) is 11.0 Å². The lowest BCUT2D eigenvalue weighted by Crippen LogP contribution is -2.34. The molecule has 1 aliphatic heterocycles. The van der Waals surface area contributed by atoms with Gasteiger partial charge in [-0.15, -0.1) is 0 Å². The summed E-state index contributed by atoms with van der Waals surface area (Å²) in [5.41, 5.74) is 3.52. The number of nitrogens with zero attached hydrogens (tertiary/aromatic N) is 1. The monoisotopic (exact) mass is 321 g/mol. The van der Waals surface area contributed by atoms with Crippen molar-refractivity contribution in [1.82, 2.24) is 0 Å². The smallest absolute Gasteiger partial charge is 0.379 e. The van der Waals surface area contributed by atoms with Gasteiger partial charge in [-0.1, -0.05) is 50.2 Å². The third-order valence-corrected chi connectivity index (χ3v) is 4.49. The molecule has 1 aromatic heterocycles. The fraction of sp³-hybridized carbons (Fsp3) is 0.250. The van der Waals surface area contributed by atoms with Gasteiger partial charge in [0.25, 0.3) is 0 Å². The molecule has 0 N–H and O–H groups in total. The Labute approximate surface area is 140 Å². The van der Waals surface area contributed by atoms with Crippen LogP contribution in [0.2, 0.25) is 0 Å². The summed E-state index contributed by atoms with van der Waals surface area (Å²) in [5.74, 6) is 0.757. The molecule has 4 rings (SSSR count). The first-order valence-electron chi connectivity index (χ1n) is 8.16. The van der Waals surface area contributed by atoms with Crippen molar-refractivity contribution in [3.63, 3.8) is 0 Å². The lowest BCUT2D eigenvalue weighted by Gasteiger charge is -2.32. The first kappa shape index (κ1) is 14.8. The normalized spacial score (nSPS) is 13.9. The molecule has 0 bridgehead atoms. The van der Waals surface area contributed by atoms with Crippen molar-refractivity contribution in [1.29, 1.82) is 0 Å². The molecule has 2 aromatic carbocycles. The van der Waals surface area contributed by atoms with Crippen LogP contribution < -0.4 is 15.3 Å². The molecule has 24 heavy (non-hydrogen) atoms. The number of fused-ring (bicyclic) bond motifs is 3. The number of anilines is 1.